The molecule has 4 rings (SSSR count). The molecule has 0 aromatic carbocycles. The average molecular weight is 341 g/mol. The molecule has 2 nitrogen and oxygen atoms in total. The molecular weight excluding hydrogens is 308 g/mol. The predicted molar refractivity (Wildman–Crippen MR) is 100.0 cm³/mol. The highest BCUT2D eigenvalue weighted by molar-refractivity contribution is 5.92. The number of fused-ring (bicyclic) bond motifs is 5. The Labute approximate surface area is 152 Å². The van der Waals surface area contributed by atoms with E-state index in [1.54, 1.807) is 6.92 Å². The van der Waals surface area contributed by atoms with E-state index < -0.39 is 0 Å². The van der Waals surface area contributed by atoms with Gasteiger partial charge in [0.25, 0.3) is 0 Å². The summed E-state index contributed by atoms with van der Waals surface area (Å²) in [6, 6.07) is 0. The van der Waals surface area contributed by atoms with Crippen LogP contribution in [-0.4, -0.2) is 11.6 Å². The zero-order valence-electron chi connectivity index (χ0n) is 16.0. The molecule has 0 amide bonds. The molecule has 25 heavy (non-hydrogen) atoms. The molecule has 1 unspecified atom stereocenters. The van der Waals surface area contributed by atoms with Gasteiger partial charge in [-0.1, -0.05) is 25.5 Å². The summed E-state index contributed by atoms with van der Waals surface area (Å²) in [4.78, 5) is 24.4. The zero-order chi connectivity index (χ0) is 18.0. The van der Waals surface area contributed by atoms with E-state index in [0.29, 0.717) is 30.0 Å². The van der Waals surface area contributed by atoms with Crippen LogP contribution in [-0.2, 0) is 9.59 Å². The highest BCUT2D eigenvalue weighted by Gasteiger charge is 2.61. The van der Waals surface area contributed by atoms with Crippen molar-refractivity contribution in [2.24, 2.45) is 40.4 Å². The molecule has 136 valence electrons. The number of allylic oxidation sites excluding steroid dienone is 2. The first-order valence-corrected chi connectivity index (χ1v) is 10.2. The van der Waals surface area contributed by atoms with Crippen LogP contribution < -0.4 is 0 Å². The van der Waals surface area contributed by atoms with Gasteiger partial charge in [-0.05, 0) is 86.0 Å². The third-order valence-corrected chi connectivity index (χ3v) is 8.95. The molecule has 3 fully saturated rings. The number of carbonyl (C=O) groups excluding carboxylic acids is 2. The summed E-state index contributed by atoms with van der Waals surface area (Å²) in [7, 11) is 0. The lowest BCUT2D eigenvalue weighted by molar-refractivity contribution is -0.129. The van der Waals surface area contributed by atoms with Crippen LogP contribution in [0.2, 0.25) is 0 Å². The van der Waals surface area contributed by atoms with Crippen LogP contribution in [0.5, 0.6) is 0 Å². The van der Waals surface area contributed by atoms with Crippen LogP contribution in [0.3, 0.4) is 0 Å². The molecule has 2 heteroatoms. The number of rotatable bonds is 2. The van der Waals surface area contributed by atoms with Crippen molar-refractivity contribution >= 4 is 11.6 Å². The quantitative estimate of drug-likeness (QED) is 0.653. The lowest BCUT2D eigenvalue weighted by Gasteiger charge is -2.59. The van der Waals surface area contributed by atoms with E-state index in [0.717, 1.165) is 12.8 Å². The fraction of sp³-hybridized carbons (Fsp3) is 0.739. The third-order valence-electron chi connectivity index (χ3n) is 8.95. The molecular formula is C23H32O2. The Morgan fingerprint density at radius 1 is 1.20 bits per heavy atom. The number of hydrogen-bond acceptors (Lipinski definition) is 2. The number of ketones is 2. The molecule has 4 aliphatic rings. The molecule has 3 saturated carbocycles. The van der Waals surface area contributed by atoms with Gasteiger partial charge >= 0.3 is 0 Å². The molecule has 0 heterocycles. The Morgan fingerprint density at radius 3 is 2.64 bits per heavy atom. The van der Waals surface area contributed by atoms with Gasteiger partial charge in [-0.15, -0.1) is 6.58 Å². The highest BCUT2D eigenvalue weighted by atomic mass is 16.1. The summed E-state index contributed by atoms with van der Waals surface area (Å²) in [6.07, 6.45) is 11.6. The topological polar surface area (TPSA) is 34.1 Å². The van der Waals surface area contributed by atoms with E-state index >= 15 is 0 Å². The lowest BCUT2D eigenvalue weighted by atomic mass is 9.44. The van der Waals surface area contributed by atoms with Gasteiger partial charge in [-0.2, -0.15) is 0 Å². The zero-order valence-corrected chi connectivity index (χ0v) is 16.0. The van der Waals surface area contributed by atoms with Crippen molar-refractivity contribution < 1.29 is 9.59 Å². The van der Waals surface area contributed by atoms with Gasteiger partial charge in [-0.25, -0.2) is 0 Å². The van der Waals surface area contributed by atoms with E-state index in [1.807, 2.05) is 12.2 Å². The molecule has 0 saturated heterocycles. The van der Waals surface area contributed by atoms with Gasteiger partial charge in [0.2, 0.25) is 0 Å². The Bertz CT molecular complexity index is 659. The third kappa shape index (κ3) is 2.22. The maximum Gasteiger partial charge on any atom is 0.156 e. The van der Waals surface area contributed by atoms with E-state index in [1.165, 1.54) is 31.3 Å². The van der Waals surface area contributed by atoms with Gasteiger partial charge in [0.05, 0.1) is 0 Å². The van der Waals surface area contributed by atoms with E-state index in [9.17, 15) is 9.59 Å². The number of Topliss-reactive ketones (excluding diaryl/α,β-unsaturated/α-hetero) is 1. The second-order valence-electron chi connectivity index (χ2n) is 9.67. The summed E-state index contributed by atoms with van der Waals surface area (Å²) < 4.78 is 0. The van der Waals surface area contributed by atoms with Gasteiger partial charge in [0.15, 0.2) is 5.78 Å². The van der Waals surface area contributed by atoms with E-state index in [-0.39, 0.29) is 28.4 Å². The maximum absolute atomic E-state index is 12.2. The largest absolute Gasteiger partial charge is 0.300 e. The smallest absolute Gasteiger partial charge is 0.156 e. The summed E-state index contributed by atoms with van der Waals surface area (Å²) in [5.74, 6) is 3.27. The van der Waals surface area contributed by atoms with Crippen molar-refractivity contribution in [3.63, 3.8) is 0 Å². The summed E-state index contributed by atoms with van der Waals surface area (Å²) in [5.41, 5.74) is 1.70. The summed E-state index contributed by atoms with van der Waals surface area (Å²) in [5, 5.41) is 0. The molecule has 0 N–H and O–H groups in total. The average Bonchev–Trinajstić information content (AvgIpc) is 2.92. The minimum atomic E-state index is 0.105. The van der Waals surface area contributed by atoms with Crippen LogP contribution in [0.25, 0.3) is 0 Å². The van der Waals surface area contributed by atoms with Gasteiger partial charge in [-0.3, -0.25) is 9.59 Å². The van der Waals surface area contributed by atoms with Crippen molar-refractivity contribution in [1.29, 1.82) is 0 Å². The monoisotopic (exact) mass is 340 g/mol. The van der Waals surface area contributed by atoms with Crippen LogP contribution in [0.15, 0.2) is 24.3 Å². The first-order valence-electron chi connectivity index (χ1n) is 10.2. The molecule has 0 spiro atoms. The molecule has 0 bridgehead atoms. The van der Waals surface area contributed by atoms with Crippen molar-refractivity contribution in [1.82, 2.24) is 0 Å². The van der Waals surface area contributed by atoms with Crippen molar-refractivity contribution in [3.05, 3.63) is 24.3 Å². The van der Waals surface area contributed by atoms with Crippen LogP contribution in [0.4, 0.5) is 0 Å². The molecule has 0 aromatic rings. The van der Waals surface area contributed by atoms with Crippen molar-refractivity contribution in [3.8, 4) is 0 Å². The second-order valence-corrected chi connectivity index (χ2v) is 9.67. The Hall–Kier alpha value is -1.18. The van der Waals surface area contributed by atoms with Crippen LogP contribution >= 0.6 is 0 Å². The lowest BCUT2D eigenvalue weighted by Crippen LogP contribution is -2.53. The fourth-order valence-electron chi connectivity index (χ4n) is 7.68. The number of carbonyl (C=O) groups is 2. The molecule has 0 aromatic heterocycles. The Balaban J connectivity index is 1.72. The first-order chi connectivity index (χ1) is 11.8. The van der Waals surface area contributed by atoms with E-state index in [2.05, 4.69) is 20.4 Å². The van der Waals surface area contributed by atoms with Gasteiger partial charge in [0, 0.05) is 12.3 Å². The van der Waals surface area contributed by atoms with E-state index in [4.69, 9.17) is 0 Å². The predicted octanol–water partition coefficient (Wildman–Crippen LogP) is 5.14. The standard InChI is InChI=1S/C23H32O2/c1-5-15-12-17(25)13-16-6-7-18-20-9-8-19(14(2)24)22(20,3)11-10-21(18)23(15,16)4/h5,13,15,18-21H,1,6-12H2,2-4H3/t15?,18-,19+,20-,21-,22+,23-/m0/s1. The second kappa shape index (κ2) is 5.66. The minimum Gasteiger partial charge on any atom is -0.300 e. The Kier molecular flexibility index (Phi) is 3.90. The first kappa shape index (κ1) is 17.2. The van der Waals surface area contributed by atoms with Crippen molar-refractivity contribution in [2.75, 3.05) is 0 Å². The number of hydrogen-bond donors (Lipinski definition) is 0. The minimum absolute atomic E-state index is 0.105. The van der Waals surface area contributed by atoms with Crippen molar-refractivity contribution in [2.45, 2.75) is 65.7 Å². The SMILES string of the molecule is C=CC1CC(=O)C=C2CC[C@H]3[C@@H]4CC[C@H](C(C)=O)[C@@]4(C)CC[C@@H]3[C@]21C. The highest BCUT2D eigenvalue weighted by Crippen LogP contribution is 2.67. The van der Waals surface area contributed by atoms with Gasteiger partial charge in [0.1, 0.15) is 5.78 Å². The van der Waals surface area contributed by atoms with Crippen LogP contribution in [0, 0.1) is 40.4 Å². The fourth-order valence-corrected chi connectivity index (χ4v) is 7.68. The van der Waals surface area contributed by atoms with Crippen LogP contribution in [0.1, 0.15) is 65.7 Å². The molecule has 7 atom stereocenters. The maximum atomic E-state index is 12.2. The Morgan fingerprint density at radius 2 is 1.96 bits per heavy atom. The summed E-state index contributed by atoms with van der Waals surface area (Å²) in [6.45, 7) is 10.7. The molecule has 0 radical (unpaired) electrons. The molecule has 4 aliphatic carbocycles. The summed E-state index contributed by atoms with van der Waals surface area (Å²) >= 11 is 0. The normalized spacial score (nSPS) is 48.8. The van der Waals surface area contributed by atoms with Gasteiger partial charge < -0.3 is 0 Å². The molecule has 0 aliphatic heterocycles.